The monoisotopic (exact) mass is 200 g/mol. The number of benzene rings is 1. The standard InChI is InChI=1S/C10H10ClFO/c1-7(11)6-10(13)8-2-4-9(12)5-3-8/h2-5,10,13H,1,6H2. The Kier molecular flexibility index (Phi) is 3.46. The number of halogens is 2. The molecular weight excluding hydrogens is 191 g/mol. The second-order valence-corrected chi connectivity index (χ2v) is 3.32. The predicted molar refractivity (Wildman–Crippen MR) is 51.0 cm³/mol. The first kappa shape index (κ1) is 10.2. The SMILES string of the molecule is C=C(Cl)CC(O)c1ccc(F)cc1. The Bertz CT molecular complexity index is 294. The van der Waals surface area contributed by atoms with Crippen LogP contribution < -0.4 is 0 Å². The summed E-state index contributed by atoms with van der Waals surface area (Å²) in [7, 11) is 0. The minimum absolute atomic E-state index is 0.285. The summed E-state index contributed by atoms with van der Waals surface area (Å²) in [5.41, 5.74) is 0.642. The van der Waals surface area contributed by atoms with E-state index < -0.39 is 6.10 Å². The van der Waals surface area contributed by atoms with Gasteiger partial charge in [-0.3, -0.25) is 0 Å². The number of aliphatic hydroxyl groups excluding tert-OH is 1. The number of aliphatic hydroxyl groups is 1. The fraction of sp³-hybridized carbons (Fsp3) is 0.200. The van der Waals surface area contributed by atoms with Crippen LogP contribution in [0.5, 0.6) is 0 Å². The smallest absolute Gasteiger partial charge is 0.123 e. The van der Waals surface area contributed by atoms with E-state index in [-0.39, 0.29) is 12.2 Å². The Balaban J connectivity index is 2.71. The van der Waals surface area contributed by atoms with Crippen LogP contribution in [0.15, 0.2) is 35.9 Å². The number of hydrogen-bond acceptors (Lipinski definition) is 1. The molecule has 0 spiro atoms. The second kappa shape index (κ2) is 4.40. The summed E-state index contributed by atoms with van der Waals surface area (Å²) in [5.74, 6) is -0.319. The molecule has 0 radical (unpaired) electrons. The van der Waals surface area contributed by atoms with Crippen LogP contribution in [0.25, 0.3) is 0 Å². The molecule has 0 aliphatic carbocycles. The minimum atomic E-state index is -0.703. The van der Waals surface area contributed by atoms with Crippen molar-refractivity contribution in [2.45, 2.75) is 12.5 Å². The summed E-state index contributed by atoms with van der Waals surface area (Å²) in [5, 5.41) is 9.90. The first-order valence-corrected chi connectivity index (χ1v) is 4.24. The summed E-state index contributed by atoms with van der Waals surface area (Å²) < 4.78 is 12.5. The third kappa shape index (κ3) is 3.17. The van der Waals surface area contributed by atoms with Gasteiger partial charge in [-0.15, -0.1) is 0 Å². The lowest BCUT2D eigenvalue weighted by Crippen LogP contribution is -1.96. The molecule has 0 fully saturated rings. The average Bonchev–Trinajstić information content (AvgIpc) is 2.04. The lowest BCUT2D eigenvalue weighted by atomic mass is 10.1. The molecule has 0 aromatic heterocycles. The Labute approximate surface area is 81.5 Å². The molecule has 1 unspecified atom stereocenters. The van der Waals surface area contributed by atoms with Crippen molar-refractivity contribution >= 4 is 11.6 Å². The first-order valence-electron chi connectivity index (χ1n) is 3.86. The van der Waals surface area contributed by atoms with Gasteiger partial charge in [-0.05, 0) is 17.7 Å². The van der Waals surface area contributed by atoms with Gasteiger partial charge in [-0.1, -0.05) is 30.3 Å². The fourth-order valence-corrected chi connectivity index (χ4v) is 1.16. The van der Waals surface area contributed by atoms with Crippen molar-refractivity contribution < 1.29 is 9.50 Å². The zero-order valence-corrected chi connectivity index (χ0v) is 7.76. The molecular formula is C10H10ClFO. The summed E-state index contributed by atoms with van der Waals surface area (Å²) in [6, 6.07) is 5.66. The van der Waals surface area contributed by atoms with Gasteiger partial charge >= 0.3 is 0 Å². The first-order chi connectivity index (χ1) is 6.09. The third-order valence-corrected chi connectivity index (χ3v) is 1.82. The van der Waals surface area contributed by atoms with Crippen molar-refractivity contribution in [2.75, 3.05) is 0 Å². The number of hydrogen-bond donors (Lipinski definition) is 1. The van der Waals surface area contributed by atoms with Crippen molar-refractivity contribution in [3.05, 3.63) is 47.3 Å². The molecule has 1 atom stereocenters. The van der Waals surface area contributed by atoms with Crippen LogP contribution in [-0.2, 0) is 0 Å². The lowest BCUT2D eigenvalue weighted by molar-refractivity contribution is 0.180. The van der Waals surface area contributed by atoms with Gasteiger partial charge in [-0.25, -0.2) is 4.39 Å². The maximum absolute atomic E-state index is 12.5. The van der Waals surface area contributed by atoms with E-state index in [9.17, 15) is 9.50 Å². The van der Waals surface area contributed by atoms with Gasteiger partial charge in [-0.2, -0.15) is 0 Å². The molecule has 0 saturated heterocycles. The highest BCUT2D eigenvalue weighted by atomic mass is 35.5. The largest absolute Gasteiger partial charge is 0.388 e. The van der Waals surface area contributed by atoms with Gasteiger partial charge in [0.25, 0.3) is 0 Å². The molecule has 3 heteroatoms. The van der Waals surface area contributed by atoms with Crippen molar-refractivity contribution in [3.8, 4) is 0 Å². The summed E-state index contributed by atoms with van der Waals surface area (Å²) in [6.45, 7) is 3.47. The highest BCUT2D eigenvalue weighted by Gasteiger charge is 2.07. The normalized spacial score (nSPS) is 12.5. The molecule has 0 amide bonds. The fourth-order valence-electron chi connectivity index (χ4n) is 1.01. The van der Waals surface area contributed by atoms with Crippen molar-refractivity contribution in [3.63, 3.8) is 0 Å². The lowest BCUT2D eigenvalue weighted by Gasteiger charge is -2.09. The Morgan fingerprint density at radius 3 is 2.46 bits per heavy atom. The Morgan fingerprint density at radius 2 is 2.00 bits per heavy atom. The van der Waals surface area contributed by atoms with E-state index in [1.807, 2.05) is 0 Å². The van der Waals surface area contributed by atoms with E-state index in [1.54, 1.807) is 0 Å². The quantitative estimate of drug-likeness (QED) is 0.796. The van der Waals surface area contributed by atoms with E-state index in [0.717, 1.165) is 0 Å². The van der Waals surface area contributed by atoms with Crippen LogP contribution in [0, 0.1) is 5.82 Å². The van der Waals surface area contributed by atoms with E-state index >= 15 is 0 Å². The van der Waals surface area contributed by atoms with Gasteiger partial charge in [0.2, 0.25) is 0 Å². The zero-order chi connectivity index (χ0) is 9.84. The maximum Gasteiger partial charge on any atom is 0.123 e. The van der Waals surface area contributed by atoms with Gasteiger partial charge in [0.15, 0.2) is 0 Å². The molecule has 0 saturated carbocycles. The van der Waals surface area contributed by atoms with Crippen LogP contribution in [0.1, 0.15) is 18.1 Å². The van der Waals surface area contributed by atoms with E-state index in [2.05, 4.69) is 6.58 Å². The molecule has 1 nitrogen and oxygen atoms in total. The minimum Gasteiger partial charge on any atom is -0.388 e. The van der Waals surface area contributed by atoms with Crippen molar-refractivity contribution in [2.24, 2.45) is 0 Å². The molecule has 0 heterocycles. The van der Waals surface area contributed by atoms with Crippen LogP contribution in [0.4, 0.5) is 4.39 Å². The predicted octanol–water partition coefficient (Wildman–Crippen LogP) is 3.00. The zero-order valence-electron chi connectivity index (χ0n) is 7.00. The molecule has 0 aliphatic rings. The topological polar surface area (TPSA) is 20.2 Å². The summed E-state index contributed by atoms with van der Waals surface area (Å²) in [6.07, 6.45) is -0.418. The van der Waals surface area contributed by atoms with Gasteiger partial charge in [0.05, 0.1) is 6.10 Å². The molecule has 1 N–H and O–H groups in total. The molecule has 0 aliphatic heterocycles. The molecule has 70 valence electrons. The average molecular weight is 201 g/mol. The molecule has 0 bridgehead atoms. The van der Waals surface area contributed by atoms with E-state index in [0.29, 0.717) is 10.6 Å². The molecule has 1 aromatic carbocycles. The summed E-state index contributed by atoms with van der Waals surface area (Å²) in [4.78, 5) is 0. The molecule has 13 heavy (non-hydrogen) atoms. The van der Waals surface area contributed by atoms with Crippen LogP contribution in [-0.4, -0.2) is 5.11 Å². The second-order valence-electron chi connectivity index (χ2n) is 2.79. The highest BCUT2D eigenvalue weighted by Crippen LogP contribution is 2.21. The van der Waals surface area contributed by atoms with Crippen LogP contribution in [0.3, 0.4) is 0 Å². The van der Waals surface area contributed by atoms with Gasteiger partial charge in [0.1, 0.15) is 5.82 Å². The van der Waals surface area contributed by atoms with Crippen LogP contribution in [0.2, 0.25) is 0 Å². The van der Waals surface area contributed by atoms with Crippen LogP contribution >= 0.6 is 11.6 Å². The maximum atomic E-state index is 12.5. The van der Waals surface area contributed by atoms with Gasteiger partial charge < -0.3 is 5.11 Å². The van der Waals surface area contributed by atoms with Crippen molar-refractivity contribution in [1.29, 1.82) is 0 Å². The summed E-state index contributed by atoms with van der Waals surface area (Å²) >= 11 is 5.53. The van der Waals surface area contributed by atoms with E-state index in [4.69, 9.17) is 11.6 Å². The van der Waals surface area contributed by atoms with Gasteiger partial charge in [0, 0.05) is 11.5 Å². The van der Waals surface area contributed by atoms with Crippen molar-refractivity contribution in [1.82, 2.24) is 0 Å². The molecule has 1 aromatic rings. The van der Waals surface area contributed by atoms with E-state index in [1.165, 1.54) is 24.3 Å². The third-order valence-electron chi connectivity index (χ3n) is 1.67. The number of rotatable bonds is 3. The highest BCUT2D eigenvalue weighted by molar-refractivity contribution is 6.29. The Morgan fingerprint density at radius 1 is 1.46 bits per heavy atom. The Hall–Kier alpha value is -0.860. The molecule has 1 rings (SSSR count).